The van der Waals surface area contributed by atoms with Crippen LogP contribution in [0.1, 0.15) is 126 Å². The van der Waals surface area contributed by atoms with Crippen molar-refractivity contribution in [3.63, 3.8) is 0 Å². The van der Waals surface area contributed by atoms with Gasteiger partial charge in [-0.2, -0.15) is 0 Å². The highest BCUT2D eigenvalue weighted by atomic mass is 16.6. The fourth-order valence-electron chi connectivity index (χ4n) is 10.1. The molecule has 2 saturated heterocycles. The number of piperidine rings is 1. The Labute approximate surface area is 381 Å². The average Bonchev–Trinajstić information content (AvgIpc) is 3.27. The van der Waals surface area contributed by atoms with E-state index in [0.29, 0.717) is 56.4 Å². The Morgan fingerprint density at radius 2 is 1.56 bits per heavy atom. The van der Waals surface area contributed by atoms with Crippen LogP contribution in [0, 0.1) is 35.5 Å². The van der Waals surface area contributed by atoms with Gasteiger partial charge in [0.1, 0.15) is 24.4 Å². The second-order valence-corrected chi connectivity index (χ2v) is 19.7. The van der Waals surface area contributed by atoms with Gasteiger partial charge in [-0.3, -0.25) is 14.4 Å². The van der Waals surface area contributed by atoms with Crippen molar-refractivity contribution in [1.29, 1.82) is 0 Å². The lowest BCUT2D eigenvalue weighted by Crippen LogP contribution is -2.61. The van der Waals surface area contributed by atoms with E-state index in [1.54, 1.807) is 48.0 Å². The topological polar surface area (TPSA) is 215 Å². The van der Waals surface area contributed by atoms with Gasteiger partial charge in [-0.25, -0.2) is 4.79 Å². The number of hydrogen-bond donors (Lipinski definition) is 5. The van der Waals surface area contributed by atoms with Crippen LogP contribution >= 0.6 is 0 Å². The maximum atomic E-state index is 14.3. The zero-order valence-corrected chi connectivity index (χ0v) is 39.9. The molecule has 3 fully saturated rings. The summed E-state index contributed by atoms with van der Waals surface area (Å²) in [6.07, 6.45) is 10.8. The maximum absolute atomic E-state index is 14.3. The minimum Gasteiger partial charge on any atom is -0.459 e. The number of nitrogens with zero attached hydrogens (tertiary/aromatic N) is 1. The Morgan fingerprint density at radius 3 is 2.25 bits per heavy atom. The summed E-state index contributed by atoms with van der Waals surface area (Å²) < 4.78 is 23.9. The molecule has 362 valence electrons. The van der Waals surface area contributed by atoms with Gasteiger partial charge in [0.2, 0.25) is 5.79 Å². The Kier molecular flexibility index (Phi) is 20.6. The Morgan fingerprint density at radius 1 is 0.844 bits per heavy atom. The third kappa shape index (κ3) is 14.0. The van der Waals surface area contributed by atoms with E-state index in [0.717, 1.165) is 24.8 Å². The standard InChI is InChI=1S/C50H80N2O12/c1-29-15-11-10-12-16-30(2)42(62-9)27-37-21-19-35(7)50(60,64-37)47(57)48(58)52-22-14-13-17-39(52)49(59)63-43(38(51)25-36-20-18-31(3)41(26-36)61-8)28-40(53)32(4)24-34(6)45(55)46(56)44(54)33(5)23-29/h10-12,15-16,24,29,31-33,35-43,45-46,53,55-56,60H,13-14,17-23,25-28,51H2,1-9H3/b12-10?,15-11+,30-16?,34-24+/t29-,31-,32-,33-,35-,36+,37+,38-,39+,40-,41-,42+,43+,45-,46+,50-/m1/s1. The average molecular weight is 901 g/mol. The maximum Gasteiger partial charge on any atom is 0.329 e. The first-order valence-electron chi connectivity index (χ1n) is 23.8. The monoisotopic (exact) mass is 901 g/mol. The molecular formula is C50H80N2O12. The normalized spacial score (nSPS) is 40.7. The van der Waals surface area contributed by atoms with E-state index in [2.05, 4.69) is 6.92 Å². The number of aliphatic hydroxyl groups is 4. The highest BCUT2D eigenvalue weighted by Gasteiger charge is 2.53. The molecule has 6 N–H and O–H groups in total. The number of ether oxygens (including phenoxy) is 4. The quantitative estimate of drug-likeness (QED) is 0.135. The summed E-state index contributed by atoms with van der Waals surface area (Å²) in [5, 5.41) is 45.7. The van der Waals surface area contributed by atoms with Gasteiger partial charge in [-0.15, -0.1) is 0 Å². The first-order valence-corrected chi connectivity index (χ1v) is 23.8. The first-order chi connectivity index (χ1) is 30.2. The number of esters is 1. The van der Waals surface area contributed by atoms with Crippen molar-refractivity contribution >= 4 is 23.4 Å². The van der Waals surface area contributed by atoms with E-state index in [4.69, 9.17) is 24.7 Å². The molecule has 0 spiro atoms. The highest BCUT2D eigenvalue weighted by molar-refractivity contribution is 6.39. The summed E-state index contributed by atoms with van der Waals surface area (Å²) in [5.74, 6) is -7.21. The van der Waals surface area contributed by atoms with Crippen LogP contribution in [0.15, 0.2) is 47.6 Å². The molecule has 2 bridgehead atoms. The lowest BCUT2D eigenvalue weighted by molar-refractivity contribution is -0.265. The zero-order chi connectivity index (χ0) is 47.5. The van der Waals surface area contributed by atoms with Crippen molar-refractivity contribution in [2.75, 3.05) is 20.8 Å². The third-order valence-electron chi connectivity index (χ3n) is 14.5. The second kappa shape index (κ2) is 24.6. The smallest absolute Gasteiger partial charge is 0.329 e. The van der Waals surface area contributed by atoms with E-state index < -0.39 is 95.7 Å². The molecule has 1 amide bonds. The van der Waals surface area contributed by atoms with Crippen LogP contribution in [0.5, 0.6) is 0 Å². The van der Waals surface area contributed by atoms with Crippen molar-refractivity contribution in [2.45, 2.75) is 186 Å². The molecule has 0 unspecified atom stereocenters. The summed E-state index contributed by atoms with van der Waals surface area (Å²) in [5.41, 5.74) is 8.07. The van der Waals surface area contributed by atoms with Gasteiger partial charge in [-0.1, -0.05) is 71.1 Å². The van der Waals surface area contributed by atoms with Gasteiger partial charge in [0.05, 0.1) is 24.4 Å². The summed E-state index contributed by atoms with van der Waals surface area (Å²) in [7, 11) is 3.27. The summed E-state index contributed by atoms with van der Waals surface area (Å²) >= 11 is 0. The van der Waals surface area contributed by atoms with E-state index >= 15 is 0 Å². The van der Waals surface area contributed by atoms with Crippen LogP contribution in [0.25, 0.3) is 0 Å². The van der Waals surface area contributed by atoms with Gasteiger partial charge in [-0.05, 0) is 107 Å². The van der Waals surface area contributed by atoms with E-state index in [1.807, 2.05) is 44.2 Å². The molecule has 3 heterocycles. The van der Waals surface area contributed by atoms with Crippen molar-refractivity contribution in [3.05, 3.63) is 47.6 Å². The number of fused-ring (bicyclic) bond motifs is 3. The van der Waals surface area contributed by atoms with E-state index in [-0.39, 0.29) is 37.3 Å². The number of rotatable bonds is 5. The number of methoxy groups -OCH3 is 2. The van der Waals surface area contributed by atoms with Gasteiger partial charge in [0.15, 0.2) is 5.78 Å². The highest BCUT2D eigenvalue weighted by Crippen LogP contribution is 2.37. The molecule has 4 rings (SSSR count). The number of carbonyl (C=O) groups excluding carboxylic acids is 4. The molecule has 1 saturated carbocycles. The molecule has 14 heteroatoms. The zero-order valence-electron chi connectivity index (χ0n) is 39.9. The molecule has 64 heavy (non-hydrogen) atoms. The molecule has 3 aliphatic heterocycles. The predicted molar refractivity (Wildman–Crippen MR) is 243 cm³/mol. The molecular weight excluding hydrogens is 821 g/mol. The number of aliphatic hydroxyl groups excluding tert-OH is 3. The van der Waals surface area contributed by atoms with Crippen molar-refractivity contribution < 1.29 is 58.6 Å². The molecule has 0 aromatic carbocycles. The number of cyclic esters (lactones) is 1. The lowest BCUT2D eigenvalue weighted by Gasteiger charge is -2.42. The minimum atomic E-state index is -2.43. The predicted octanol–water partition coefficient (Wildman–Crippen LogP) is 5.28. The molecule has 4 aliphatic rings. The van der Waals surface area contributed by atoms with Gasteiger partial charge < -0.3 is 50.0 Å². The molecule has 0 aromatic heterocycles. The number of hydrogen-bond acceptors (Lipinski definition) is 13. The SMILES string of the molecule is CO[C@H]1C[C@@H]2CC[C@@H](C)[C@@](O)(O2)C(=O)C(=O)N2CCCC[C@H]2C(=O)O[C@H]([C@H](N)C[C@@H]2CC[C@@H](C)[C@H](OC)C2)C[C@@H](O)[C@H](C)/C=C(\C)[C@@H](O)[C@@H](O)C(=O)[C@H](C)C[C@H](C)/C=C/C=CC=C1C. The number of allylic oxidation sites excluding steroid dienone is 5. The lowest BCUT2D eigenvalue weighted by atomic mass is 9.77. The van der Waals surface area contributed by atoms with Gasteiger partial charge >= 0.3 is 5.97 Å². The van der Waals surface area contributed by atoms with Crippen LogP contribution < -0.4 is 5.73 Å². The van der Waals surface area contributed by atoms with Crippen LogP contribution in [-0.4, -0.2) is 130 Å². The summed E-state index contributed by atoms with van der Waals surface area (Å²) in [4.78, 5) is 57.2. The van der Waals surface area contributed by atoms with Crippen LogP contribution in [0.2, 0.25) is 0 Å². The summed E-state index contributed by atoms with van der Waals surface area (Å²) in [6, 6.07) is -1.86. The van der Waals surface area contributed by atoms with Gasteiger partial charge in [0, 0.05) is 57.4 Å². The third-order valence-corrected chi connectivity index (χ3v) is 14.5. The molecule has 14 nitrogen and oxygen atoms in total. The molecule has 1 aliphatic carbocycles. The minimum absolute atomic E-state index is 0.0241. The first kappa shape index (κ1) is 53.5. The Bertz CT molecular complexity index is 1700. The molecule has 16 atom stereocenters. The van der Waals surface area contributed by atoms with Gasteiger partial charge in [0.25, 0.3) is 11.7 Å². The van der Waals surface area contributed by atoms with Crippen molar-refractivity contribution in [1.82, 2.24) is 4.90 Å². The number of Topliss-reactive ketones (excluding diaryl/α,β-unsaturated/α-hetero) is 2. The van der Waals surface area contributed by atoms with Crippen molar-refractivity contribution in [3.8, 4) is 0 Å². The number of ketones is 2. The molecule has 0 radical (unpaired) electrons. The van der Waals surface area contributed by atoms with Crippen LogP contribution in [0.4, 0.5) is 0 Å². The van der Waals surface area contributed by atoms with Crippen LogP contribution in [-0.2, 0) is 38.1 Å². The van der Waals surface area contributed by atoms with Crippen LogP contribution in [0.3, 0.4) is 0 Å². The summed E-state index contributed by atoms with van der Waals surface area (Å²) in [6.45, 7) is 12.8. The Balaban J connectivity index is 1.68. The van der Waals surface area contributed by atoms with E-state index in [9.17, 15) is 39.6 Å². The fraction of sp³-hybridized carbons (Fsp3) is 0.760. The number of carbonyl (C=O) groups is 4. The molecule has 0 aromatic rings. The fourth-order valence-corrected chi connectivity index (χ4v) is 10.1. The number of amides is 1. The van der Waals surface area contributed by atoms with E-state index in [1.165, 1.54) is 4.90 Å². The number of nitrogens with two attached hydrogens (primary N) is 1. The second-order valence-electron chi connectivity index (χ2n) is 19.7. The largest absolute Gasteiger partial charge is 0.459 e. The van der Waals surface area contributed by atoms with Crippen molar-refractivity contribution in [2.24, 2.45) is 41.2 Å². The Hall–Kier alpha value is -3.08.